The maximum absolute atomic E-state index is 2.38. The molecule has 0 nitrogen and oxygen atoms in total. The smallest absolute Gasteiger partial charge is 0.0542 e. The quantitative estimate of drug-likeness (QED) is 0.157. The van der Waals surface area contributed by atoms with E-state index in [4.69, 9.17) is 0 Å². The van der Waals surface area contributed by atoms with Crippen LogP contribution in [0.4, 0.5) is 0 Å². The molecular weight excluding hydrogens is 713 g/mol. The Morgan fingerprint density at radius 3 is 0.929 bits per heavy atom. The standard InChI is InChI=1S/C54H32S2/c1-3-7-45-37(5-1)17-19-43-29-39(21-25-47(43)45)33-9-13-35(14-10-33)41-23-27-49-51(31-41)55-54-50-28-24-42(32-52(50)56-53(49)54)36-15-11-34(12-16-36)40-22-26-48-44(30-40)20-18-38-6-2-4-8-46(38)48/h1-32H. The first-order valence-corrected chi connectivity index (χ1v) is 20.8. The molecule has 0 saturated carbocycles. The minimum atomic E-state index is 1.24. The van der Waals surface area contributed by atoms with Crippen molar-refractivity contribution in [1.82, 2.24) is 0 Å². The number of fused-ring (bicyclic) bond motifs is 11. The van der Waals surface area contributed by atoms with Gasteiger partial charge in [0, 0.05) is 20.2 Å². The first kappa shape index (κ1) is 31.7. The Labute approximate surface area is 332 Å². The Kier molecular flexibility index (Phi) is 7.07. The zero-order chi connectivity index (χ0) is 36.7. The number of rotatable bonds is 4. The first-order chi connectivity index (χ1) is 27.7. The van der Waals surface area contributed by atoms with Gasteiger partial charge in [-0.05, 0) is 112 Å². The Hall–Kier alpha value is -6.58. The topological polar surface area (TPSA) is 0 Å². The molecule has 0 bridgehead atoms. The molecule has 2 heterocycles. The Balaban J connectivity index is 0.816. The molecule has 56 heavy (non-hydrogen) atoms. The van der Waals surface area contributed by atoms with Crippen LogP contribution in [0.5, 0.6) is 0 Å². The second-order valence-corrected chi connectivity index (χ2v) is 17.0. The van der Waals surface area contributed by atoms with Gasteiger partial charge in [0.05, 0.1) is 9.40 Å². The van der Waals surface area contributed by atoms with Gasteiger partial charge in [-0.3, -0.25) is 0 Å². The van der Waals surface area contributed by atoms with Crippen LogP contribution in [0, 0.1) is 0 Å². The molecule has 0 amide bonds. The van der Waals surface area contributed by atoms with Gasteiger partial charge >= 0.3 is 0 Å². The Morgan fingerprint density at radius 1 is 0.214 bits per heavy atom. The third-order valence-electron chi connectivity index (χ3n) is 11.7. The van der Waals surface area contributed by atoms with Crippen LogP contribution in [0.3, 0.4) is 0 Å². The van der Waals surface area contributed by atoms with Crippen molar-refractivity contribution in [2.24, 2.45) is 0 Å². The van der Waals surface area contributed by atoms with Gasteiger partial charge in [0.25, 0.3) is 0 Å². The van der Waals surface area contributed by atoms with Gasteiger partial charge in [0.1, 0.15) is 0 Å². The van der Waals surface area contributed by atoms with E-state index < -0.39 is 0 Å². The van der Waals surface area contributed by atoms with Crippen molar-refractivity contribution >= 4 is 95.3 Å². The maximum Gasteiger partial charge on any atom is 0.0542 e. The molecule has 12 rings (SSSR count). The summed E-state index contributed by atoms with van der Waals surface area (Å²) in [6.07, 6.45) is 0. The number of benzene rings is 10. The molecule has 0 aliphatic rings. The molecule has 0 saturated heterocycles. The first-order valence-electron chi connectivity index (χ1n) is 19.1. The van der Waals surface area contributed by atoms with Crippen molar-refractivity contribution in [3.8, 4) is 44.5 Å². The molecule has 0 unspecified atom stereocenters. The molecule has 0 spiro atoms. The molecule has 2 aromatic heterocycles. The highest BCUT2D eigenvalue weighted by Crippen LogP contribution is 2.46. The average molecular weight is 745 g/mol. The summed E-state index contributed by atoms with van der Waals surface area (Å²) in [6.45, 7) is 0. The van der Waals surface area contributed by atoms with Crippen molar-refractivity contribution in [1.29, 1.82) is 0 Å². The molecule has 2 heteroatoms. The van der Waals surface area contributed by atoms with E-state index in [-0.39, 0.29) is 0 Å². The van der Waals surface area contributed by atoms with E-state index in [0.29, 0.717) is 0 Å². The van der Waals surface area contributed by atoms with Gasteiger partial charge in [0.15, 0.2) is 0 Å². The zero-order valence-corrected chi connectivity index (χ0v) is 31.9. The zero-order valence-electron chi connectivity index (χ0n) is 30.3. The predicted octanol–water partition coefficient (Wildman–Crippen LogP) is 16.5. The lowest BCUT2D eigenvalue weighted by Crippen LogP contribution is -1.82. The van der Waals surface area contributed by atoms with Crippen LogP contribution in [0.1, 0.15) is 0 Å². The number of thiophene rings is 2. The predicted molar refractivity (Wildman–Crippen MR) is 246 cm³/mol. The fourth-order valence-corrected chi connectivity index (χ4v) is 11.4. The van der Waals surface area contributed by atoms with Crippen LogP contribution in [-0.4, -0.2) is 0 Å². The summed E-state index contributed by atoms with van der Waals surface area (Å²) in [5, 5.41) is 13.0. The lowest BCUT2D eigenvalue weighted by Gasteiger charge is -2.09. The summed E-state index contributed by atoms with van der Waals surface area (Å²) in [7, 11) is 0. The van der Waals surface area contributed by atoms with E-state index in [2.05, 4.69) is 194 Å². The molecule has 0 aliphatic heterocycles. The largest absolute Gasteiger partial charge is 0.134 e. The van der Waals surface area contributed by atoms with Gasteiger partial charge in [-0.1, -0.05) is 170 Å². The highest BCUT2D eigenvalue weighted by Gasteiger charge is 2.15. The molecule has 260 valence electrons. The maximum atomic E-state index is 2.38. The highest BCUT2D eigenvalue weighted by molar-refractivity contribution is 7.36. The highest BCUT2D eigenvalue weighted by atomic mass is 32.1. The van der Waals surface area contributed by atoms with Crippen molar-refractivity contribution in [2.45, 2.75) is 0 Å². The third-order valence-corrected chi connectivity index (χ3v) is 14.2. The molecule has 0 atom stereocenters. The van der Waals surface area contributed by atoms with Crippen molar-refractivity contribution in [3.05, 3.63) is 194 Å². The SMILES string of the molecule is c1ccc2c(c1)ccc1cc(-c3ccc(-c4ccc5c(c4)sc4c6ccc(-c7ccc(-c8ccc9c(ccc%10ccccc%109)c8)cc7)cc6sc54)cc3)ccc12. The fourth-order valence-electron chi connectivity index (χ4n) is 8.71. The minimum absolute atomic E-state index is 1.24. The molecule has 0 radical (unpaired) electrons. The van der Waals surface area contributed by atoms with Crippen LogP contribution >= 0.6 is 22.7 Å². The van der Waals surface area contributed by atoms with E-state index in [1.165, 1.54) is 117 Å². The van der Waals surface area contributed by atoms with Gasteiger partial charge in [-0.25, -0.2) is 0 Å². The molecule has 0 fully saturated rings. The second kappa shape index (κ2) is 12.5. The fraction of sp³-hybridized carbons (Fsp3) is 0. The molecule has 0 aliphatic carbocycles. The van der Waals surface area contributed by atoms with E-state index in [0.717, 1.165) is 0 Å². The molecular formula is C54H32S2. The van der Waals surface area contributed by atoms with Crippen LogP contribution in [-0.2, 0) is 0 Å². The summed E-state index contributed by atoms with van der Waals surface area (Å²) in [5.74, 6) is 0. The van der Waals surface area contributed by atoms with Crippen molar-refractivity contribution in [2.75, 3.05) is 0 Å². The molecule has 12 aromatic rings. The lowest BCUT2D eigenvalue weighted by atomic mass is 9.96. The Morgan fingerprint density at radius 2 is 0.518 bits per heavy atom. The van der Waals surface area contributed by atoms with Crippen LogP contribution in [0.25, 0.3) is 117 Å². The van der Waals surface area contributed by atoms with Crippen molar-refractivity contribution in [3.63, 3.8) is 0 Å². The van der Waals surface area contributed by atoms with Gasteiger partial charge < -0.3 is 0 Å². The summed E-state index contributed by atoms with van der Waals surface area (Å²) < 4.78 is 5.47. The van der Waals surface area contributed by atoms with Crippen LogP contribution < -0.4 is 0 Å². The Bertz CT molecular complexity index is 3270. The number of hydrogen-bond acceptors (Lipinski definition) is 2. The summed E-state index contributed by atoms with van der Waals surface area (Å²) in [4.78, 5) is 0. The van der Waals surface area contributed by atoms with E-state index in [1.807, 2.05) is 22.7 Å². The second-order valence-electron chi connectivity index (χ2n) is 14.9. The van der Waals surface area contributed by atoms with Crippen LogP contribution in [0.15, 0.2) is 194 Å². The summed E-state index contributed by atoms with van der Waals surface area (Å²) >= 11 is 3.84. The van der Waals surface area contributed by atoms with E-state index >= 15 is 0 Å². The number of hydrogen-bond donors (Lipinski definition) is 0. The molecule has 10 aromatic carbocycles. The normalized spacial score (nSPS) is 11.9. The van der Waals surface area contributed by atoms with Gasteiger partial charge in [0.2, 0.25) is 0 Å². The molecule has 0 N–H and O–H groups in total. The monoisotopic (exact) mass is 744 g/mol. The summed E-state index contributed by atoms with van der Waals surface area (Å²) in [6, 6.07) is 72.0. The van der Waals surface area contributed by atoms with Gasteiger partial charge in [-0.2, -0.15) is 0 Å². The summed E-state index contributed by atoms with van der Waals surface area (Å²) in [5.41, 5.74) is 9.98. The van der Waals surface area contributed by atoms with Gasteiger partial charge in [-0.15, -0.1) is 22.7 Å². The van der Waals surface area contributed by atoms with E-state index in [9.17, 15) is 0 Å². The lowest BCUT2D eigenvalue weighted by molar-refractivity contribution is 1.62. The van der Waals surface area contributed by atoms with Crippen molar-refractivity contribution < 1.29 is 0 Å². The van der Waals surface area contributed by atoms with E-state index in [1.54, 1.807) is 0 Å². The van der Waals surface area contributed by atoms with Crippen LogP contribution in [0.2, 0.25) is 0 Å². The minimum Gasteiger partial charge on any atom is -0.134 e. The third kappa shape index (κ3) is 5.11. The average Bonchev–Trinajstić information content (AvgIpc) is 3.81.